The number of rotatable bonds is 2. The lowest BCUT2D eigenvalue weighted by Crippen LogP contribution is -2.52. The van der Waals surface area contributed by atoms with Crippen LogP contribution in [0.25, 0.3) is 0 Å². The van der Waals surface area contributed by atoms with Gasteiger partial charge in [0.05, 0.1) is 5.02 Å². The summed E-state index contributed by atoms with van der Waals surface area (Å²) >= 11 is 12.0. The molecule has 1 aromatic rings. The number of halogens is 2. The molecule has 3 nitrogen and oxygen atoms in total. The van der Waals surface area contributed by atoms with Crippen LogP contribution < -0.4 is 5.32 Å². The van der Waals surface area contributed by atoms with Gasteiger partial charge >= 0.3 is 0 Å². The molecule has 2 saturated carbocycles. The number of hydrogen-bond acceptors (Lipinski definition) is 2. The number of amides is 1. The predicted molar refractivity (Wildman–Crippen MR) is 84.7 cm³/mol. The Hall–Kier alpha value is -0.800. The molecular weight excluding hydrogens is 307 g/mol. The van der Waals surface area contributed by atoms with E-state index in [-0.39, 0.29) is 33.6 Å². The van der Waals surface area contributed by atoms with E-state index < -0.39 is 0 Å². The van der Waals surface area contributed by atoms with Gasteiger partial charge in [0.15, 0.2) is 0 Å². The number of nitrogens with one attached hydrogen (secondary N) is 1. The Morgan fingerprint density at radius 1 is 1.33 bits per heavy atom. The van der Waals surface area contributed by atoms with Crippen molar-refractivity contribution < 1.29 is 4.79 Å². The standard InChI is InChI=1S/C16H20Cl2N2O/c1-15(2)9-6-7-16(3,8-9)14(15)20-13(21)12-10(17)4-5-11(18)19-12/h4-5,9,14H,6-8H2,1-3H3,(H,20,21). The predicted octanol–water partition coefficient (Wildman–Crippen LogP) is 4.33. The van der Waals surface area contributed by atoms with Gasteiger partial charge in [0.25, 0.3) is 5.91 Å². The van der Waals surface area contributed by atoms with Crippen molar-refractivity contribution >= 4 is 29.1 Å². The van der Waals surface area contributed by atoms with Gasteiger partial charge in [-0.15, -0.1) is 0 Å². The largest absolute Gasteiger partial charge is 0.347 e. The summed E-state index contributed by atoms with van der Waals surface area (Å²) in [7, 11) is 0. The average Bonchev–Trinajstić information content (AvgIpc) is 2.88. The number of hydrogen-bond donors (Lipinski definition) is 1. The Bertz CT molecular complexity index is 597. The van der Waals surface area contributed by atoms with Crippen LogP contribution in [0.3, 0.4) is 0 Å². The monoisotopic (exact) mass is 326 g/mol. The molecule has 2 fully saturated rings. The number of carbonyl (C=O) groups is 1. The normalized spacial score (nSPS) is 33.2. The molecule has 0 spiro atoms. The van der Waals surface area contributed by atoms with Crippen LogP contribution in [-0.4, -0.2) is 16.9 Å². The topological polar surface area (TPSA) is 42.0 Å². The molecule has 1 N–H and O–H groups in total. The average molecular weight is 327 g/mol. The van der Waals surface area contributed by atoms with Gasteiger partial charge in [-0.2, -0.15) is 0 Å². The zero-order valence-electron chi connectivity index (χ0n) is 12.5. The fraction of sp³-hybridized carbons (Fsp3) is 0.625. The van der Waals surface area contributed by atoms with Crippen LogP contribution in [0, 0.1) is 16.7 Å². The van der Waals surface area contributed by atoms with Crippen molar-refractivity contribution in [3.05, 3.63) is 28.0 Å². The Kier molecular flexibility index (Phi) is 3.49. The number of nitrogens with zero attached hydrogens (tertiary/aromatic N) is 1. The molecule has 2 aliphatic rings. The Balaban J connectivity index is 1.86. The third-order valence-electron chi connectivity index (χ3n) is 5.57. The van der Waals surface area contributed by atoms with E-state index in [1.54, 1.807) is 12.1 Å². The molecule has 114 valence electrons. The highest BCUT2D eigenvalue weighted by Crippen LogP contribution is 2.62. The first-order chi connectivity index (χ1) is 9.74. The third kappa shape index (κ3) is 2.35. The van der Waals surface area contributed by atoms with Gasteiger partial charge in [-0.3, -0.25) is 4.79 Å². The molecule has 0 aliphatic heterocycles. The summed E-state index contributed by atoms with van der Waals surface area (Å²) in [6, 6.07) is 3.34. The van der Waals surface area contributed by atoms with Gasteiger partial charge in [-0.05, 0) is 48.1 Å². The molecule has 5 heteroatoms. The highest BCUT2D eigenvalue weighted by atomic mass is 35.5. The zero-order chi connectivity index (χ0) is 15.4. The van der Waals surface area contributed by atoms with E-state index in [1.165, 1.54) is 19.3 Å². The third-order valence-corrected chi connectivity index (χ3v) is 6.09. The van der Waals surface area contributed by atoms with Crippen molar-refractivity contribution in [2.45, 2.75) is 46.1 Å². The van der Waals surface area contributed by atoms with Crippen LogP contribution >= 0.6 is 23.2 Å². The van der Waals surface area contributed by atoms with Gasteiger partial charge in [0.1, 0.15) is 10.8 Å². The summed E-state index contributed by atoms with van der Waals surface area (Å²) in [6.45, 7) is 6.78. The Morgan fingerprint density at radius 3 is 2.67 bits per heavy atom. The second kappa shape index (κ2) is 4.85. The Labute approximate surface area is 135 Å². The highest BCUT2D eigenvalue weighted by molar-refractivity contribution is 6.34. The molecule has 0 aromatic carbocycles. The highest BCUT2D eigenvalue weighted by Gasteiger charge is 2.59. The lowest BCUT2D eigenvalue weighted by Gasteiger charge is -2.43. The summed E-state index contributed by atoms with van der Waals surface area (Å²) in [4.78, 5) is 16.6. The van der Waals surface area contributed by atoms with E-state index in [0.29, 0.717) is 10.9 Å². The molecule has 21 heavy (non-hydrogen) atoms. The van der Waals surface area contributed by atoms with E-state index in [9.17, 15) is 4.79 Å². The molecule has 1 aromatic heterocycles. The molecule has 0 saturated heterocycles. The fourth-order valence-electron chi connectivity index (χ4n) is 4.44. The van der Waals surface area contributed by atoms with Crippen LogP contribution in [0.4, 0.5) is 0 Å². The molecular formula is C16H20Cl2N2O. The van der Waals surface area contributed by atoms with Crippen molar-refractivity contribution in [1.82, 2.24) is 10.3 Å². The van der Waals surface area contributed by atoms with Crippen LogP contribution in [0.1, 0.15) is 50.5 Å². The van der Waals surface area contributed by atoms with Gasteiger partial charge in [0, 0.05) is 6.04 Å². The van der Waals surface area contributed by atoms with E-state index >= 15 is 0 Å². The van der Waals surface area contributed by atoms with Gasteiger partial charge in [-0.1, -0.05) is 44.0 Å². The minimum Gasteiger partial charge on any atom is -0.347 e. The number of carbonyl (C=O) groups excluding carboxylic acids is 1. The van der Waals surface area contributed by atoms with Crippen LogP contribution in [0.15, 0.2) is 12.1 Å². The fourth-order valence-corrected chi connectivity index (χ4v) is 4.78. The van der Waals surface area contributed by atoms with Crippen LogP contribution in [0.2, 0.25) is 10.2 Å². The second-order valence-electron chi connectivity index (χ2n) is 7.29. The molecule has 1 heterocycles. The summed E-state index contributed by atoms with van der Waals surface area (Å²) in [6.07, 6.45) is 3.61. The van der Waals surface area contributed by atoms with E-state index in [0.717, 1.165) is 0 Å². The van der Waals surface area contributed by atoms with E-state index in [4.69, 9.17) is 23.2 Å². The van der Waals surface area contributed by atoms with Crippen molar-refractivity contribution in [2.24, 2.45) is 16.7 Å². The summed E-state index contributed by atoms with van der Waals surface area (Å²) in [5.41, 5.74) is 0.495. The molecule has 3 unspecified atom stereocenters. The van der Waals surface area contributed by atoms with E-state index in [1.807, 2.05) is 0 Å². The van der Waals surface area contributed by atoms with Crippen molar-refractivity contribution in [2.75, 3.05) is 0 Å². The first-order valence-electron chi connectivity index (χ1n) is 7.37. The van der Waals surface area contributed by atoms with E-state index in [2.05, 4.69) is 31.1 Å². The maximum Gasteiger partial charge on any atom is 0.271 e. The SMILES string of the molecule is CC12CCC(C1)C(C)(C)C2NC(=O)c1nc(Cl)ccc1Cl. The minimum absolute atomic E-state index is 0.105. The molecule has 2 aliphatic carbocycles. The molecule has 3 rings (SSSR count). The second-order valence-corrected chi connectivity index (χ2v) is 8.08. The van der Waals surface area contributed by atoms with Gasteiger partial charge in [0.2, 0.25) is 0 Å². The molecule has 2 bridgehead atoms. The van der Waals surface area contributed by atoms with Crippen LogP contribution in [0.5, 0.6) is 0 Å². The molecule has 1 amide bonds. The zero-order valence-corrected chi connectivity index (χ0v) is 14.1. The maximum absolute atomic E-state index is 12.6. The van der Waals surface area contributed by atoms with Crippen molar-refractivity contribution in [1.29, 1.82) is 0 Å². The summed E-state index contributed by atoms with van der Waals surface area (Å²) in [5, 5.41) is 3.80. The van der Waals surface area contributed by atoms with Crippen molar-refractivity contribution in [3.63, 3.8) is 0 Å². The number of fused-ring (bicyclic) bond motifs is 2. The summed E-state index contributed by atoms with van der Waals surface area (Å²) in [5.74, 6) is 0.449. The first-order valence-corrected chi connectivity index (χ1v) is 8.12. The van der Waals surface area contributed by atoms with Crippen molar-refractivity contribution in [3.8, 4) is 0 Å². The lowest BCUT2D eigenvalue weighted by molar-refractivity contribution is 0.0733. The van der Waals surface area contributed by atoms with Gasteiger partial charge < -0.3 is 5.32 Å². The summed E-state index contributed by atoms with van der Waals surface area (Å²) < 4.78 is 0. The smallest absolute Gasteiger partial charge is 0.271 e. The first kappa shape index (κ1) is 15.1. The number of pyridine rings is 1. The number of aromatic nitrogens is 1. The molecule has 0 radical (unpaired) electrons. The Morgan fingerprint density at radius 2 is 2.05 bits per heavy atom. The quantitative estimate of drug-likeness (QED) is 0.822. The van der Waals surface area contributed by atoms with Crippen LogP contribution in [-0.2, 0) is 0 Å². The minimum atomic E-state index is -0.227. The van der Waals surface area contributed by atoms with Gasteiger partial charge in [-0.25, -0.2) is 4.98 Å². The lowest BCUT2D eigenvalue weighted by atomic mass is 9.68. The molecule has 3 atom stereocenters. The maximum atomic E-state index is 12.6.